The van der Waals surface area contributed by atoms with Crippen molar-refractivity contribution in [2.75, 3.05) is 44.6 Å². The number of amides is 1. The highest BCUT2D eigenvalue weighted by atomic mass is 16.4. The Bertz CT molecular complexity index is 779. The number of hydrogen-bond acceptors (Lipinski definition) is 5. The van der Waals surface area contributed by atoms with Crippen LogP contribution in [0.3, 0.4) is 0 Å². The molecule has 1 fully saturated rings. The van der Waals surface area contributed by atoms with Crippen molar-refractivity contribution in [2.24, 2.45) is 0 Å². The van der Waals surface area contributed by atoms with Crippen LogP contribution in [0.15, 0.2) is 39.5 Å². The minimum absolute atomic E-state index is 0.266. The van der Waals surface area contributed by atoms with Gasteiger partial charge in [0.1, 0.15) is 5.58 Å². The molecule has 25 heavy (non-hydrogen) atoms. The fourth-order valence-electron chi connectivity index (χ4n) is 3.20. The Labute approximate surface area is 147 Å². The van der Waals surface area contributed by atoms with E-state index in [-0.39, 0.29) is 11.5 Å². The molecule has 0 radical (unpaired) electrons. The Morgan fingerprint density at radius 3 is 2.72 bits per heavy atom. The second kappa shape index (κ2) is 8.16. The summed E-state index contributed by atoms with van der Waals surface area (Å²) in [4.78, 5) is 27.9. The molecule has 1 saturated heterocycles. The van der Waals surface area contributed by atoms with Crippen molar-refractivity contribution < 1.29 is 9.21 Å². The zero-order valence-electron chi connectivity index (χ0n) is 14.7. The maximum absolute atomic E-state index is 11.9. The van der Waals surface area contributed by atoms with Gasteiger partial charge in [-0.1, -0.05) is 19.1 Å². The third-order valence-corrected chi connectivity index (χ3v) is 4.58. The van der Waals surface area contributed by atoms with Gasteiger partial charge in [-0.05, 0) is 18.6 Å². The number of nitrogens with one attached hydrogen (secondary N) is 1. The van der Waals surface area contributed by atoms with Gasteiger partial charge in [0, 0.05) is 57.1 Å². The summed E-state index contributed by atoms with van der Waals surface area (Å²) < 4.78 is 5.21. The van der Waals surface area contributed by atoms with Crippen LogP contribution in [0.2, 0.25) is 0 Å². The second-order valence-electron chi connectivity index (χ2n) is 6.37. The van der Waals surface area contributed by atoms with Gasteiger partial charge in [-0.3, -0.25) is 9.69 Å². The predicted molar refractivity (Wildman–Crippen MR) is 98.9 cm³/mol. The third kappa shape index (κ3) is 4.39. The van der Waals surface area contributed by atoms with Crippen LogP contribution in [0, 0.1) is 0 Å². The molecule has 1 aromatic heterocycles. The monoisotopic (exact) mass is 343 g/mol. The molecule has 6 heteroatoms. The number of fused-ring (bicyclic) bond motifs is 1. The summed E-state index contributed by atoms with van der Waals surface area (Å²) in [6, 6.07) is 9.03. The molecule has 1 amide bonds. The van der Waals surface area contributed by atoms with Gasteiger partial charge in [-0.2, -0.15) is 0 Å². The first-order chi connectivity index (χ1) is 12.2. The maximum atomic E-state index is 11.9. The van der Waals surface area contributed by atoms with E-state index in [2.05, 4.69) is 10.2 Å². The molecule has 1 aliphatic heterocycles. The molecule has 0 saturated carbocycles. The highest BCUT2D eigenvalue weighted by molar-refractivity contribution is 5.89. The molecule has 1 N–H and O–H groups in total. The van der Waals surface area contributed by atoms with Crippen LogP contribution in [0.1, 0.15) is 19.8 Å². The average molecular weight is 343 g/mol. The van der Waals surface area contributed by atoms with Gasteiger partial charge in [-0.15, -0.1) is 0 Å². The van der Waals surface area contributed by atoms with E-state index >= 15 is 0 Å². The minimum Gasteiger partial charge on any atom is -0.423 e. The molecule has 6 nitrogen and oxygen atoms in total. The highest BCUT2D eigenvalue weighted by Gasteiger charge is 2.19. The second-order valence-corrected chi connectivity index (χ2v) is 6.37. The number of benzene rings is 1. The highest BCUT2D eigenvalue weighted by Crippen LogP contribution is 2.20. The fraction of sp³-hybridized carbons (Fsp3) is 0.474. The Hall–Kier alpha value is -2.34. The van der Waals surface area contributed by atoms with Crippen LogP contribution in [-0.2, 0) is 4.79 Å². The van der Waals surface area contributed by atoms with Gasteiger partial charge in [-0.25, -0.2) is 4.79 Å². The first kappa shape index (κ1) is 17.5. The number of rotatable bonds is 6. The van der Waals surface area contributed by atoms with Crippen molar-refractivity contribution in [3.05, 3.63) is 40.8 Å². The Morgan fingerprint density at radius 1 is 1.20 bits per heavy atom. The van der Waals surface area contributed by atoms with Crippen LogP contribution in [0.25, 0.3) is 11.0 Å². The number of hydrogen-bond donors (Lipinski definition) is 1. The topological polar surface area (TPSA) is 65.8 Å². The van der Waals surface area contributed by atoms with Crippen LogP contribution in [0.4, 0.5) is 5.69 Å². The summed E-state index contributed by atoms with van der Waals surface area (Å²) in [5, 5.41) is 4.26. The molecule has 1 aliphatic rings. The maximum Gasteiger partial charge on any atom is 0.338 e. The van der Waals surface area contributed by atoms with Crippen molar-refractivity contribution in [2.45, 2.75) is 19.8 Å². The fourth-order valence-corrected chi connectivity index (χ4v) is 3.20. The molecule has 2 aromatic rings. The van der Waals surface area contributed by atoms with E-state index < -0.39 is 0 Å². The number of nitrogens with zero attached hydrogens (tertiary/aromatic N) is 2. The lowest BCUT2D eigenvalue weighted by Gasteiger charge is -2.34. The van der Waals surface area contributed by atoms with Crippen molar-refractivity contribution >= 4 is 22.6 Å². The summed E-state index contributed by atoms with van der Waals surface area (Å²) in [5.41, 5.74) is 1.06. The number of anilines is 1. The molecular formula is C19H25N3O3. The zero-order chi connectivity index (χ0) is 17.6. The van der Waals surface area contributed by atoms with Crippen LogP contribution < -0.4 is 10.9 Å². The molecule has 0 aliphatic carbocycles. The SMILES string of the molecule is CCCC(=O)N1CCN(CCNc2cc(=O)oc3ccccc23)CC1. The molecule has 134 valence electrons. The average Bonchev–Trinajstić information content (AvgIpc) is 2.62. The van der Waals surface area contributed by atoms with E-state index in [4.69, 9.17) is 4.42 Å². The lowest BCUT2D eigenvalue weighted by Crippen LogP contribution is -2.49. The summed E-state index contributed by atoms with van der Waals surface area (Å²) in [7, 11) is 0. The molecule has 0 unspecified atom stereocenters. The molecule has 0 atom stereocenters. The summed E-state index contributed by atoms with van der Waals surface area (Å²) in [6.07, 6.45) is 1.55. The summed E-state index contributed by atoms with van der Waals surface area (Å²) in [6.45, 7) is 7.06. The standard InChI is InChI=1S/C19H25N3O3/c1-2-5-18(23)22-12-10-21(11-13-22)9-8-20-16-14-19(24)25-17-7-4-3-6-15(16)17/h3-4,6-7,14,20H,2,5,8-13H2,1H3. The molecule has 0 bridgehead atoms. The van der Waals surface area contributed by atoms with Crippen molar-refractivity contribution in [1.82, 2.24) is 9.80 Å². The first-order valence-electron chi connectivity index (χ1n) is 8.94. The van der Waals surface area contributed by atoms with E-state index in [1.165, 1.54) is 6.07 Å². The van der Waals surface area contributed by atoms with Crippen LogP contribution >= 0.6 is 0 Å². The van der Waals surface area contributed by atoms with Crippen LogP contribution in [-0.4, -0.2) is 55.0 Å². The van der Waals surface area contributed by atoms with Gasteiger partial charge in [0.25, 0.3) is 0 Å². The Morgan fingerprint density at radius 2 is 1.96 bits per heavy atom. The van der Waals surface area contributed by atoms with Gasteiger partial charge in [0.15, 0.2) is 0 Å². The van der Waals surface area contributed by atoms with Gasteiger partial charge in [0.05, 0.1) is 5.69 Å². The van der Waals surface area contributed by atoms with Crippen molar-refractivity contribution in [3.63, 3.8) is 0 Å². The van der Waals surface area contributed by atoms with Crippen LogP contribution in [0.5, 0.6) is 0 Å². The number of para-hydroxylation sites is 1. The summed E-state index contributed by atoms with van der Waals surface area (Å²) >= 11 is 0. The lowest BCUT2D eigenvalue weighted by atomic mass is 10.2. The third-order valence-electron chi connectivity index (χ3n) is 4.58. The molecule has 2 heterocycles. The first-order valence-corrected chi connectivity index (χ1v) is 8.94. The lowest BCUT2D eigenvalue weighted by molar-refractivity contribution is -0.132. The minimum atomic E-state index is -0.343. The van der Waals surface area contributed by atoms with E-state index in [9.17, 15) is 9.59 Å². The number of carbonyl (C=O) groups excluding carboxylic acids is 1. The molecule has 3 rings (SSSR count). The molecule has 0 spiro atoms. The van der Waals surface area contributed by atoms with Gasteiger partial charge < -0.3 is 14.6 Å². The van der Waals surface area contributed by atoms with E-state index in [1.807, 2.05) is 30.0 Å². The normalized spacial score (nSPS) is 15.5. The van der Waals surface area contributed by atoms with Gasteiger partial charge in [0.2, 0.25) is 5.91 Å². The molecule has 1 aromatic carbocycles. The largest absolute Gasteiger partial charge is 0.423 e. The molecular weight excluding hydrogens is 318 g/mol. The Balaban J connectivity index is 1.51. The van der Waals surface area contributed by atoms with Gasteiger partial charge >= 0.3 is 5.63 Å². The number of piperazine rings is 1. The van der Waals surface area contributed by atoms with Crippen molar-refractivity contribution in [3.8, 4) is 0 Å². The predicted octanol–water partition coefficient (Wildman–Crippen LogP) is 2.15. The number of carbonyl (C=O) groups is 1. The van der Waals surface area contributed by atoms with E-state index in [0.717, 1.165) is 56.8 Å². The van der Waals surface area contributed by atoms with E-state index in [0.29, 0.717) is 12.0 Å². The summed E-state index contributed by atoms with van der Waals surface area (Å²) in [5.74, 6) is 0.266. The zero-order valence-corrected chi connectivity index (χ0v) is 14.7. The quantitative estimate of drug-likeness (QED) is 0.814. The van der Waals surface area contributed by atoms with Crippen molar-refractivity contribution in [1.29, 1.82) is 0 Å². The smallest absolute Gasteiger partial charge is 0.338 e. The Kier molecular flexibility index (Phi) is 5.71. The van der Waals surface area contributed by atoms with E-state index in [1.54, 1.807) is 6.07 Å².